The van der Waals surface area contributed by atoms with Crippen LogP contribution >= 0.6 is 0 Å². The molecule has 0 aliphatic carbocycles. The molecule has 1 aromatic carbocycles. The Morgan fingerprint density at radius 2 is 1.08 bits per heavy atom. The SMILES string of the molecule is CCCCCC(=O)OCCOCCOCCOCCOCCOCCOCCOc1ccc([N+](=O)[O-])cc1. The molecule has 1 rings (SSSR count). The van der Waals surface area contributed by atoms with Gasteiger partial charge in [0.2, 0.25) is 0 Å². The van der Waals surface area contributed by atoms with Crippen molar-refractivity contribution in [3.63, 3.8) is 0 Å². The van der Waals surface area contributed by atoms with E-state index in [4.69, 9.17) is 37.9 Å². The predicted molar refractivity (Wildman–Crippen MR) is 139 cm³/mol. The van der Waals surface area contributed by atoms with Crippen LogP contribution in [0.2, 0.25) is 0 Å². The first-order valence-electron chi connectivity index (χ1n) is 13.1. The lowest BCUT2D eigenvalue weighted by Gasteiger charge is -2.09. The van der Waals surface area contributed by atoms with Gasteiger partial charge in [-0.1, -0.05) is 19.8 Å². The van der Waals surface area contributed by atoms with E-state index in [9.17, 15) is 14.9 Å². The number of benzene rings is 1. The van der Waals surface area contributed by atoms with E-state index < -0.39 is 4.92 Å². The highest BCUT2D eigenvalue weighted by Crippen LogP contribution is 2.17. The first-order valence-corrected chi connectivity index (χ1v) is 13.1. The molecule has 0 aromatic heterocycles. The maximum Gasteiger partial charge on any atom is 0.305 e. The van der Waals surface area contributed by atoms with E-state index in [1.54, 1.807) is 12.1 Å². The van der Waals surface area contributed by atoms with Crippen LogP contribution < -0.4 is 4.74 Å². The number of non-ortho nitro benzene ring substituents is 1. The minimum atomic E-state index is -0.454. The number of rotatable bonds is 27. The van der Waals surface area contributed by atoms with Crippen molar-refractivity contribution in [1.82, 2.24) is 0 Å². The van der Waals surface area contributed by atoms with Crippen LogP contribution in [-0.4, -0.2) is 103 Å². The van der Waals surface area contributed by atoms with Gasteiger partial charge >= 0.3 is 5.97 Å². The minimum absolute atomic E-state index is 0.0250. The Morgan fingerprint density at radius 3 is 1.50 bits per heavy atom. The van der Waals surface area contributed by atoms with E-state index in [1.807, 2.05) is 0 Å². The summed E-state index contributed by atoms with van der Waals surface area (Å²) >= 11 is 0. The van der Waals surface area contributed by atoms with Gasteiger partial charge < -0.3 is 37.9 Å². The van der Waals surface area contributed by atoms with E-state index in [0.717, 1.165) is 19.3 Å². The van der Waals surface area contributed by atoms with Crippen molar-refractivity contribution in [2.45, 2.75) is 32.6 Å². The van der Waals surface area contributed by atoms with Crippen LogP contribution in [0.3, 0.4) is 0 Å². The molecule has 12 nitrogen and oxygen atoms in total. The van der Waals surface area contributed by atoms with Gasteiger partial charge in [-0.2, -0.15) is 0 Å². The molecule has 0 saturated heterocycles. The molecule has 0 saturated carbocycles. The molecule has 0 radical (unpaired) electrons. The van der Waals surface area contributed by atoms with Crippen molar-refractivity contribution < 1.29 is 47.6 Å². The number of nitrogens with zero attached hydrogens (tertiary/aromatic N) is 1. The van der Waals surface area contributed by atoms with Gasteiger partial charge in [-0.25, -0.2) is 0 Å². The zero-order valence-corrected chi connectivity index (χ0v) is 22.5. The third-order valence-electron chi connectivity index (χ3n) is 4.88. The Morgan fingerprint density at radius 1 is 0.658 bits per heavy atom. The van der Waals surface area contributed by atoms with Crippen molar-refractivity contribution in [2.75, 3.05) is 92.5 Å². The number of esters is 1. The molecule has 0 aliphatic heterocycles. The second-order valence-corrected chi connectivity index (χ2v) is 7.95. The zero-order valence-electron chi connectivity index (χ0n) is 22.5. The second kappa shape index (κ2) is 25.0. The quantitative estimate of drug-likeness (QED) is 0.0698. The predicted octanol–water partition coefficient (Wildman–Crippen LogP) is 3.20. The average Bonchev–Trinajstić information content (AvgIpc) is 2.92. The van der Waals surface area contributed by atoms with Gasteiger partial charge in [-0.3, -0.25) is 14.9 Å². The Kier molecular flexibility index (Phi) is 22.1. The maximum atomic E-state index is 11.4. The van der Waals surface area contributed by atoms with E-state index in [0.29, 0.717) is 98.1 Å². The lowest BCUT2D eigenvalue weighted by Crippen LogP contribution is -2.15. The Hall–Kier alpha value is -2.35. The Balaban J connectivity index is 1.71. The average molecular weight is 546 g/mol. The number of carbonyl (C=O) groups is 1. The van der Waals surface area contributed by atoms with E-state index in [-0.39, 0.29) is 18.3 Å². The van der Waals surface area contributed by atoms with Crippen molar-refractivity contribution in [1.29, 1.82) is 0 Å². The highest BCUT2D eigenvalue weighted by atomic mass is 16.6. The molecule has 12 heteroatoms. The Labute approximate surface area is 224 Å². The summed E-state index contributed by atoms with van der Waals surface area (Å²) < 4.78 is 43.0. The molecule has 0 atom stereocenters. The monoisotopic (exact) mass is 545 g/mol. The molecular formula is C26H43NO11. The van der Waals surface area contributed by atoms with Crippen LogP contribution in [0, 0.1) is 10.1 Å². The van der Waals surface area contributed by atoms with Crippen LogP contribution in [0.4, 0.5) is 5.69 Å². The van der Waals surface area contributed by atoms with Gasteiger partial charge in [-0.05, 0) is 18.6 Å². The molecule has 0 heterocycles. The number of hydrogen-bond donors (Lipinski definition) is 0. The van der Waals surface area contributed by atoms with Gasteiger partial charge in [0.1, 0.15) is 19.0 Å². The molecule has 0 unspecified atom stereocenters. The lowest BCUT2D eigenvalue weighted by atomic mass is 10.2. The molecule has 0 aliphatic rings. The van der Waals surface area contributed by atoms with Gasteiger partial charge in [0, 0.05) is 18.6 Å². The van der Waals surface area contributed by atoms with Crippen LogP contribution in [-0.2, 0) is 38.0 Å². The molecule has 0 spiro atoms. The van der Waals surface area contributed by atoms with Crippen molar-refractivity contribution >= 4 is 11.7 Å². The third kappa shape index (κ3) is 20.7. The largest absolute Gasteiger partial charge is 0.491 e. The fourth-order valence-electron chi connectivity index (χ4n) is 2.89. The van der Waals surface area contributed by atoms with E-state index in [2.05, 4.69) is 6.92 Å². The molecule has 1 aromatic rings. The first-order chi connectivity index (χ1) is 18.6. The number of carbonyl (C=O) groups excluding carboxylic acids is 1. The molecule has 38 heavy (non-hydrogen) atoms. The van der Waals surface area contributed by atoms with Crippen LogP contribution in [0.25, 0.3) is 0 Å². The van der Waals surface area contributed by atoms with Crippen LogP contribution in [0.1, 0.15) is 32.6 Å². The summed E-state index contributed by atoms with van der Waals surface area (Å²) in [6.07, 6.45) is 3.47. The molecule has 0 N–H and O–H groups in total. The molecule has 0 fully saturated rings. The molecular weight excluding hydrogens is 502 g/mol. The fourth-order valence-corrected chi connectivity index (χ4v) is 2.89. The first kappa shape index (κ1) is 33.7. The normalized spacial score (nSPS) is 11.0. The highest BCUT2D eigenvalue weighted by molar-refractivity contribution is 5.69. The third-order valence-corrected chi connectivity index (χ3v) is 4.88. The van der Waals surface area contributed by atoms with Gasteiger partial charge in [-0.15, -0.1) is 0 Å². The number of nitro benzene ring substituents is 1. The summed E-state index contributed by atoms with van der Waals surface area (Å²) in [4.78, 5) is 21.6. The number of nitro groups is 1. The summed E-state index contributed by atoms with van der Waals surface area (Å²) in [5.74, 6) is 0.388. The number of ether oxygens (including phenoxy) is 8. The zero-order chi connectivity index (χ0) is 27.5. The number of unbranched alkanes of at least 4 members (excludes halogenated alkanes) is 2. The van der Waals surface area contributed by atoms with Gasteiger partial charge in [0.25, 0.3) is 5.69 Å². The van der Waals surface area contributed by atoms with E-state index >= 15 is 0 Å². The smallest absolute Gasteiger partial charge is 0.305 e. The lowest BCUT2D eigenvalue weighted by molar-refractivity contribution is -0.384. The van der Waals surface area contributed by atoms with Gasteiger partial charge in [0.05, 0.1) is 84.2 Å². The molecule has 0 amide bonds. The maximum absolute atomic E-state index is 11.4. The minimum Gasteiger partial charge on any atom is -0.491 e. The second-order valence-electron chi connectivity index (χ2n) is 7.95. The summed E-state index contributed by atoms with van der Waals surface area (Å²) in [5.41, 5.74) is 0.0250. The summed E-state index contributed by atoms with van der Waals surface area (Å²) in [6.45, 7) is 8.07. The standard InChI is InChI=1S/C26H43NO11/c1-2-3-4-5-26(28)38-23-21-36-19-17-34-15-13-32-11-10-31-12-14-33-16-18-35-20-22-37-25-8-6-24(7-9-25)27(29)30/h6-9H,2-5,10-23H2,1H3. The van der Waals surface area contributed by atoms with Crippen LogP contribution in [0.5, 0.6) is 5.75 Å². The molecule has 0 bridgehead atoms. The van der Waals surface area contributed by atoms with Crippen molar-refractivity contribution in [2.24, 2.45) is 0 Å². The topological polar surface area (TPSA) is 134 Å². The van der Waals surface area contributed by atoms with Crippen molar-refractivity contribution in [3.05, 3.63) is 34.4 Å². The summed E-state index contributed by atoms with van der Waals surface area (Å²) in [7, 11) is 0. The number of hydrogen-bond acceptors (Lipinski definition) is 11. The summed E-state index contributed by atoms with van der Waals surface area (Å²) in [6, 6.07) is 5.90. The van der Waals surface area contributed by atoms with Crippen LogP contribution in [0.15, 0.2) is 24.3 Å². The Bertz CT molecular complexity index is 703. The highest BCUT2D eigenvalue weighted by Gasteiger charge is 2.04. The van der Waals surface area contributed by atoms with E-state index in [1.165, 1.54) is 12.1 Å². The van der Waals surface area contributed by atoms with Crippen molar-refractivity contribution in [3.8, 4) is 5.75 Å². The van der Waals surface area contributed by atoms with Gasteiger partial charge in [0.15, 0.2) is 0 Å². The summed E-state index contributed by atoms with van der Waals surface area (Å²) in [5, 5.41) is 10.6. The fraction of sp³-hybridized carbons (Fsp3) is 0.731. The molecule has 218 valence electrons.